The van der Waals surface area contributed by atoms with Crippen molar-refractivity contribution in [1.29, 1.82) is 0 Å². The highest BCUT2D eigenvalue weighted by atomic mass is 19.1. The van der Waals surface area contributed by atoms with Crippen LogP contribution in [0.2, 0.25) is 0 Å². The van der Waals surface area contributed by atoms with E-state index < -0.39 is 0 Å². The average molecular weight is 370 g/mol. The van der Waals surface area contributed by atoms with Crippen LogP contribution in [0.25, 0.3) is 6.08 Å². The molecule has 1 atom stereocenters. The van der Waals surface area contributed by atoms with Crippen LogP contribution in [0.4, 0.5) is 4.39 Å². The number of ether oxygens (including phenoxy) is 2. The lowest BCUT2D eigenvalue weighted by Crippen LogP contribution is -2.15. The number of rotatable bonds is 4. The molecule has 0 spiro atoms. The van der Waals surface area contributed by atoms with Crippen molar-refractivity contribution in [2.24, 2.45) is 0 Å². The summed E-state index contributed by atoms with van der Waals surface area (Å²) in [7, 11) is 1.48. The zero-order valence-electron chi connectivity index (χ0n) is 16.0. The van der Waals surface area contributed by atoms with Crippen LogP contribution in [0, 0.1) is 19.7 Å². The minimum atomic E-state index is -0.308. The molecule has 0 bridgehead atoms. The monoisotopic (exact) mass is 370 g/mol. The first-order valence-electron chi connectivity index (χ1n) is 8.82. The largest absolute Gasteiger partial charge is 0.468 e. The maximum atomic E-state index is 13.0. The van der Waals surface area contributed by atoms with Crippen LogP contribution in [-0.2, 0) is 4.74 Å². The summed E-state index contributed by atoms with van der Waals surface area (Å²) in [6.07, 6.45) is 4.38. The van der Waals surface area contributed by atoms with Crippen LogP contribution >= 0.6 is 0 Å². The number of hydrogen-bond donors (Lipinski definition) is 0. The number of hydrogen-bond acceptors (Lipinski definition) is 4. The lowest BCUT2D eigenvalue weighted by atomic mass is 10.0. The summed E-state index contributed by atoms with van der Waals surface area (Å²) in [5.41, 5.74) is 4.02. The van der Waals surface area contributed by atoms with Crippen LogP contribution in [0.5, 0.6) is 5.95 Å². The summed E-state index contributed by atoms with van der Waals surface area (Å²) in [6, 6.07) is 6.36. The summed E-state index contributed by atoms with van der Waals surface area (Å²) in [6.45, 7) is 5.90. The van der Waals surface area contributed by atoms with E-state index >= 15 is 0 Å². The number of allylic oxidation sites excluding steroid dienone is 2. The molecule has 5 heteroatoms. The van der Waals surface area contributed by atoms with Crippen molar-refractivity contribution < 1.29 is 18.3 Å². The molecular formula is C22H23FO4. The number of methoxy groups -OCH3 is 1. The van der Waals surface area contributed by atoms with E-state index in [1.54, 1.807) is 26.0 Å². The van der Waals surface area contributed by atoms with Gasteiger partial charge in [-0.05, 0) is 44.0 Å². The molecule has 1 fully saturated rings. The van der Waals surface area contributed by atoms with Crippen LogP contribution in [0.15, 0.2) is 50.7 Å². The van der Waals surface area contributed by atoms with E-state index in [-0.39, 0.29) is 23.3 Å². The van der Waals surface area contributed by atoms with Gasteiger partial charge in [-0.3, -0.25) is 4.79 Å². The van der Waals surface area contributed by atoms with Gasteiger partial charge in [0.05, 0.1) is 19.3 Å². The molecule has 2 heterocycles. The molecule has 1 aromatic heterocycles. The summed E-state index contributed by atoms with van der Waals surface area (Å²) in [5.74, 6) is 0.501. The highest BCUT2D eigenvalue weighted by Gasteiger charge is 2.28. The normalized spacial score (nSPS) is 18.9. The maximum absolute atomic E-state index is 13.0. The van der Waals surface area contributed by atoms with Crippen molar-refractivity contribution in [3.63, 3.8) is 0 Å². The molecular weight excluding hydrogens is 347 g/mol. The molecule has 0 saturated carbocycles. The van der Waals surface area contributed by atoms with Crippen molar-refractivity contribution in [1.82, 2.24) is 0 Å². The van der Waals surface area contributed by atoms with Gasteiger partial charge < -0.3 is 13.9 Å². The molecule has 1 aliphatic rings. The molecule has 27 heavy (non-hydrogen) atoms. The van der Waals surface area contributed by atoms with Gasteiger partial charge in [-0.1, -0.05) is 29.9 Å². The Balaban J connectivity index is 1.81. The average Bonchev–Trinajstić information content (AvgIpc) is 3.10. The Hall–Kier alpha value is -2.66. The predicted octanol–water partition coefficient (Wildman–Crippen LogP) is 4.90. The zero-order valence-corrected chi connectivity index (χ0v) is 16.0. The lowest BCUT2D eigenvalue weighted by molar-refractivity contribution is 0.0880. The molecule has 0 amide bonds. The Morgan fingerprint density at radius 3 is 2.59 bits per heavy atom. The maximum Gasteiger partial charge on any atom is 0.291 e. The highest BCUT2D eigenvalue weighted by molar-refractivity contribution is 5.55. The number of halogens is 1. The van der Waals surface area contributed by atoms with Gasteiger partial charge in [0.25, 0.3) is 5.95 Å². The second-order valence-corrected chi connectivity index (χ2v) is 6.78. The Labute approximate surface area is 157 Å². The minimum Gasteiger partial charge on any atom is -0.468 e. The summed E-state index contributed by atoms with van der Waals surface area (Å²) in [5, 5.41) is 0. The standard InChI is InChI=1S/C22H23FO4/c1-13(9-16-5-7-18(23)8-6-16)10-17-11-19(26-12-17)21-14(2)20(24)15(3)22(25-4)27-21/h5-10,19H,11-12H2,1-4H3/b13-9+,17-10-/t19-/m1/s1. The van der Waals surface area contributed by atoms with E-state index in [0.29, 0.717) is 29.9 Å². The molecule has 2 aromatic rings. The Bertz CT molecular complexity index is 952. The zero-order chi connectivity index (χ0) is 19.6. The van der Waals surface area contributed by atoms with E-state index in [1.807, 2.05) is 13.0 Å². The van der Waals surface area contributed by atoms with Crippen LogP contribution in [0.1, 0.15) is 41.9 Å². The SMILES string of the molecule is COc1oc([C@H]2C/C(=C/C(C)=C/c3ccc(F)cc3)CO2)c(C)c(=O)c1C. The summed E-state index contributed by atoms with van der Waals surface area (Å²) < 4.78 is 29.8. The van der Waals surface area contributed by atoms with E-state index in [4.69, 9.17) is 13.9 Å². The molecule has 4 nitrogen and oxygen atoms in total. The Morgan fingerprint density at radius 2 is 1.93 bits per heavy atom. The minimum absolute atomic E-state index is 0.0819. The highest BCUT2D eigenvalue weighted by Crippen LogP contribution is 2.35. The van der Waals surface area contributed by atoms with E-state index in [2.05, 4.69) is 6.08 Å². The van der Waals surface area contributed by atoms with Gasteiger partial charge in [0.2, 0.25) is 0 Å². The van der Waals surface area contributed by atoms with Crippen molar-refractivity contribution >= 4 is 6.08 Å². The topological polar surface area (TPSA) is 48.7 Å². The molecule has 142 valence electrons. The van der Waals surface area contributed by atoms with Crippen LogP contribution in [-0.4, -0.2) is 13.7 Å². The van der Waals surface area contributed by atoms with Gasteiger partial charge in [-0.2, -0.15) is 0 Å². The third-order valence-corrected chi connectivity index (χ3v) is 4.65. The third-order valence-electron chi connectivity index (χ3n) is 4.65. The first kappa shape index (κ1) is 19.1. The molecule has 0 aliphatic carbocycles. The second kappa shape index (κ2) is 7.92. The fraction of sp³-hybridized carbons (Fsp3) is 0.318. The van der Waals surface area contributed by atoms with Gasteiger partial charge >= 0.3 is 0 Å². The van der Waals surface area contributed by atoms with E-state index in [1.165, 1.54) is 19.2 Å². The fourth-order valence-corrected chi connectivity index (χ4v) is 3.26. The third kappa shape index (κ3) is 4.19. The quantitative estimate of drug-likeness (QED) is 0.768. The van der Waals surface area contributed by atoms with E-state index in [0.717, 1.165) is 16.7 Å². The fourth-order valence-electron chi connectivity index (χ4n) is 3.26. The molecule has 1 aliphatic heterocycles. The smallest absolute Gasteiger partial charge is 0.291 e. The summed E-state index contributed by atoms with van der Waals surface area (Å²) in [4.78, 5) is 12.4. The molecule has 0 unspecified atom stereocenters. The lowest BCUT2D eigenvalue weighted by Gasteiger charge is -2.13. The number of benzene rings is 1. The van der Waals surface area contributed by atoms with E-state index in [9.17, 15) is 9.18 Å². The molecule has 3 rings (SSSR count). The van der Waals surface area contributed by atoms with Gasteiger partial charge in [0.1, 0.15) is 17.7 Å². The molecule has 0 radical (unpaired) electrons. The Kier molecular flexibility index (Phi) is 5.61. The van der Waals surface area contributed by atoms with Gasteiger partial charge in [0, 0.05) is 12.0 Å². The van der Waals surface area contributed by atoms with Crippen LogP contribution in [0.3, 0.4) is 0 Å². The van der Waals surface area contributed by atoms with Gasteiger partial charge in [-0.25, -0.2) is 4.39 Å². The summed E-state index contributed by atoms with van der Waals surface area (Å²) >= 11 is 0. The Morgan fingerprint density at radius 1 is 1.22 bits per heavy atom. The van der Waals surface area contributed by atoms with Crippen molar-refractivity contribution in [3.05, 3.63) is 80.0 Å². The first-order valence-corrected chi connectivity index (χ1v) is 8.82. The van der Waals surface area contributed by atoms with Gasteiger partial charge in [-0.15, -0.1) is 0 Å². The molecule has 1 aromatic carbocycles. The van der Waals surface area contributed by atoms with Crippen LogP contribution < -0.4 is 10.2 Å². The van der Waals surface area contributed by atoms with Gasteiger partial charge in [0.15, 0.2) is 5.43 Å². The molecule has 0 N–H and O–H groups in total. The van der Waals surface area contributed by atoms with Crippen molar-refractivity contribution in [2.75, 3.05) is 13.7 Å². The predicted molar refractivity (Wildman–Crippen MR) is 102 cm³/mol. The van der Waals surface area contributed by atoms with Crippen molar-refractivity contribution in [2.45, 2.75) is 33.3 Å². The van der Waals surface area contributed by atoms with Crippen molar-refractivity contribution in [3.8, 4) is 5.95 Å². The molecule has 1 saturated heterocycles. The second-order valence-electron chi connectivity index (χ2n) is 6.78. The first-order chi connectivity index (χ1) is 12.9.